The Labute approximate surface area is 65.5 Å². The Bertz CT molecular complexity index is 134. The largest absolute Gasteiger partial charge is 0.480 e. The highest BCUT2D eigenvalue weighted by Gasteiger charge is 2.19. The number of nitrogens with one attached hydrogen (secondary N) is 1. The molecule has 0 aromatic heterocycles. The van der Waals surface area contributed by atoms with Crippen LogP contribution in [0.4, 0.5) is 0 Å². The summed E-state index contributed by atoms with van der Waals surface area (Å²) >= 11 is 0. The van der Waals surface area contributed by atoms with E-state index < -0.39 is 5.97 Å². The minimum atomic E-state index is -0.906. The Morgan fingerprint density at radius 3 is 2.91 bits per heavy atom. The minimum Gasteiger partial charge on any atom is -0.480 e. The Kier molecular flexibility index (Phi) is 3.32. The van der Waals surface area contributed by atoms with Gasteiger partial charge in [0.15, 0.2) is 0 Å². The fourth-order valence-electron chi connectivity index (χ4n) is 0.782. The van der Waals surface area contributed by atoms with E-state index in [2.05, 4.69) is 5.32 Å². The van der Waals surface area contributed by atoms with E-state index in [1.165, 1.54) is 12.8 Å². The highest BCUT2D eigenvalue weighted by molar-refractivity contribution is 5.67. The second-order valence-electron chi connectivity index (χ2n) is 2.67. The predicted octanol–water partition coefficient (Wildman–Crippen LogP) is -0.160. The summed E-state index contributed by atoms with van der Waals surface area (Å²) in [7, 11) is 0. The summed E-state index contributed by atoms with van der Waals surface area (Å²) in [5.41, 5.74) is 0. The minimum absolute atomic E-state index is 0.188. The summed E-state index contributed by atoms with van der Waals surface area (Å²) in [6.07, 6.45) is 2.50. The van der Waals surface area contributed by atoms with Crippen molar-refractivity contribution in [2.75, 3.05) is 19.8 Å². The van der Waals surface area contributed by atoms with Crippen LogP contribution in [0.3, 0.4) is 0 Å². The average molecular weight is 159 g/mol. The average Bonchev–Trinajstić information content (AvgIpc) is 2.70. The molecular formula is C7H13NO3. The molecule has 0 saturated heterocycles. The van der Waals surface area contributed by atoms with Crippen LogP contribution in [0.1, 0.15) is 12.8 Å². The van der Waals surface area contributed by atoms with Crippen molar-refractivity contribution in [3.05, 3.63) is 0 Å². The molecule has 0 heterocycles. The summed E-state index contributed by atoms with van der Waals surface area (Å²) in [6, 6.07) is 0.670. The molecule has 4 heteroatoms. The molecule has 0 aliphatic heterocycles. The summed E-state index contributed by atoms with van der Waals surface area (Å²) in [4.78, 5) is 9.96. The third-order valence-corrected chi connectivity index (χ3v) is 1.48. The van der Waals surface area contributed by atoms with Gasteiger partial charge in [-0.15, -0.1) is 0 Å². The first-order valence-electron chi connectivity index (χ1n) is 3.82. The lowest BCUT2D eigenvalue weighted by Crippen LogP contribution is -2.22. The van der Waals surface area contributed by atoms with Gasteiger partial charge in [0.2, 0.25) is 0 Å². The lowest BCUT2D eigenvalue weighted by Gasteiger charge is -2.01. The first kappa shape index (κ1) is 8.49. The van der Waals surface area contributed by atoms with E-state index >= 15 is 0 Å². The number of hydrogen-bond donors (Lipinski definition) is 2. The number of carbonyl (C=O) groups is 1. The number of aliphatic carboxylic acids is 1. The molecule has 2 N–H and O–H groups in total. The van der Waals surface area contributed by atoms with Crippen LogP contribution < -0.4 is 5.32 Å². The lowest BCUT2D eigenvalue weighted by molar-refractivity contribution is -0.142. The van der Waals surface area contributed by atoms with Crippen LogP contribution >= 0.6 is 0 Å². The lowest BCUT2D eigenvalue weighted by atomic mass is 10.6. The fraction of sp³-hybridized carbons (Fsp3) is 0.857. The molecular weight excluding hydrogens is 146 g/mol. The summed E-state index contributed by atoms with van der Waals surface area (Å²) in [5, 5.41) is 11.4. The van der Waals surface area contributed by atoms with Crippen LogP contribution in [0.2, 0.25) is 0 Å². The van der Waals surface area contributed by atoms with Gasteiger partial charge in [-0.1, -0.05) is 0 Å². The Morgan fingerprint density at radius 1 is 1.64 bits per heavy atom. The normalized spacial score (nSPS) is 16.7. The maximum Gasteiger partial charge on any atom is 0.329 e. The van der Waals surface area contributed by atoms with Crippen molar-refractivity contribution in [3.8, 4) is 0 Å². The molecule has 0 bridgehead atoms. The van der Waals surface area contributed by atoms with E-state index in [4.69, 9.17) is 9.84 Å². The highest BCUT2D eigenvalue weighted by atomic mass is 16.5. The van der Waals surface area contributed by atoms with Gasteiger partial charge < -0.3 is 15.2 Å². The van der Waals surface area contributed by atoms with Gasteiger partial charge in [0.25, 0.3) is 0 Å². The van der Waals surface area contributed by atoms with Crippen LogP contribution in [0.15, 0.2) is 0 Å². The number of ether oxygens (including phenoxy) is 1. The summed E-state index contributed by atoms with van der Waals surface area (Å²) < 4.78 is 4.81. The monoisotopic (exact) mass is 159 g/mol. The van der Waals surface area contributed by atoms with Gasteiger partial charge in [-0.25, -0.2) is 4.79 Å². The Morgan fingerprint density at radius 2 is 2.36 bits per heavy atom. The van der Waals surface area contributed by atoms with E-state index in [9.17, 15) is 4.79 Å². The van der Waals surface area contributed by atoms with Crippen LogP contribution in [0.5, 0.6) is 0 Å². The van der Waals surface area contributed by atoms with E-state index in [0.29, 0.717) is 12.6 Å². The zero-order valence-electron chi connectivity index (χ0n) is 6.38. The van der Waals surface area contributed by atoms with E-state index in [-0.39, 0.29) is 6.61 Å². The third kappa shape index (κ3) is 4.75. The smallest absolute Gasteiger partial charge is 0.329 e. The molecule has 1 rings (SSSR count). The van der Waals surface area contributed by atoms with Crippen molar-refractivity contribution in [1.29, 1.82) is 0 Å². The number of rotatable bonds is 6. The third-order valence-electron chi connectivity index (χ3n) is 1.48. The van der Waals surface area contributed by atoms with Crippen molar-refractivity contribution >= 4 is 5.97 Å². The number of carboxylic acids is 1. The number of hydrogen-bond acceptors (Lipinski definition) is 3. The second-order valence-corrected chi connectivity index (χ2v) is 2.67. The SMILES string of the molecule is O=C(O)COCCNC1CC1. The molecule has 0 radical (unpaired) electrons. The summed E-state index contributed by atoms with van der Waals surface area (Å²) in [5.74, 6) is -0.906. The van der Waals surface area contributed by atoms with Gasteiger partial charge in [-0.05, 0) is 12.8 Å². The first-order chi connectivity index (χ1) is 5.29. The molecule has 0 aromatic rings. The molecule has 0 aromatic carbocycles. The van der Waals surface area contributed by atoms with E-state index in [1.54, 1.807) is 0 Å². The van der Waals surface area contributed by atoms with Crippen LogP contribution in [0, 0.1) is 0 Å². The van der Waals surface area contributed by atoms with Gasteiger partial charge in [0.1, 0.15) is 6.61 Å². The van der Waals surface area contributed by atoms with Crippen LogP contribution in [-0.2, 0) is 9.53 Å². The van der Waals surface area contributed by atoms with E-state index in [1.807, 2.05) is 0 Å². The molecule has 0 unspecified atom stereocenters. The number of carboxylic acid groups (broad SMARTS) is 1. The standard InChI is InChI=1S/C7H13NO3/c9-7(10)5-11-4-3-8-6-1-2-6/h6,8H,1-5H2,(H,9,10). The highest BCUT2D eigenvalue weighted by Crippen LogP contribution is 2.17. The maximum absolute atomic E-state index is 9.96. The predicted molar refractivity (Wildman–Crippen MR) is 39.5 cm³/mol. The van der Waals surface area contributed by atoms with Gasteiger partial charge in [0.05, 0.1) is 6.61 Å². The molecule has 0 amide bonds. The molecule has 1 saturated carbocycles. The second kappa shape index (κ2) is 4.31. The molecule has 64 valence electrons. The van der Waals surface area contributed by atoms with Crippen LogP contribution in [0.25, 0.3) is 0 Å². The van der Waals surface area contributed by atoms with Crippen molar-refractivity contribution in [3.63, 3.8) is 0 Å². The molecule has 4 nitrogen and oxygen atoms in total. The quantitative estimate of drug-likeness (QED) is 0.529. The van der Waals surface area contributed by atoms with Crippen molar-refractivity contribution < 1.29 is 14.6 Å². The Hall–Kier alpha value is -0.610. The molecule has 0 spiro atoms. The topological polar surface area (TPSA) is 58.6 Å². The molecule has 1 fully saturated rings. The van der Waals surface area contributed by atoms with Gasteiger partial charge in [0, 0.05) is 12.6 Å². The van der Waals surface area contributed by atoms with Gasteiger partial charge >= 0.3 is 5.97 Å². The van der Waals surface area contributed by atoms with Crippen molar-refractivity contribution in [2.45, 2.75) is 18.9 Å². The fourth-order valence-corrected chi connectivity index (χ4v) is 0.782. The maximum atomic E-state index is 9.96. The first-order valence-corrected chi connectivity index (χ1v) is 3.82. The molecule has 1 aliphatic carbocycles. The summed E-state index contributed by atoms with van der Waals surface area (Å²) in [6.45, 7) is 1.06. The van der Waals surface area contributed by atoms with Crippen molar-refractivity contribution in [2.24, 2.45) is 0 Å². The Balaban J connectivity index is 1.76. The molecule has 1 aliphatic rings. The van der Waals surface area contributed by atoms with Crippen LogP contribution in [-0.4, -0.2) is 36.9 Å². The molecule has 11 heavy (non-hydrogen) atoms. The van der Waals surface area contributed by atoms with Crippen molar-refractivity contribution in [1.82, 2.24) is 5.32 Å². The zero-order chi connectivity index (χ0) is 8.10. The molecule has 0 atom stereocenters. The van der Waals surface area contributed by atoms with Gasteiger partial charge in [-0.3, -0.25) is 0 Å². The van der Waals surface area contributed by atoms with Gasteiger partial charge in [-0.2, -0.15) is 0 Å². The zero-order valence-corrected chi connectivity index (χ0v) is 6.38. The van der Waals surface area contributed by atoms with E-state index in [0.717, 1.165) is 6.54 Å².